The minimum Gasteiger partial charge on any atom is -0.466 e. The number of hydrogen-bond acceptors (Lipinski definition) is 4. The lowest BCUT2D eigenvalue weighted by Gasteiger charge is -2.37. The Balaban J connectivity index is 1.69. The van der Waals surface area contributed by atoms with Crippen molar-refractivity contribution in [1.29, 1.82) is 0 Å². The molecule has 5 nitrogen and oxygen atoms in total. The number of nitrogens with zero attached hydrogens (tertiary/aromatic N) is 2. The molecule has 3 rings (SSSR count). The molecule has 1 aromatic rings. The average Bonchev–Trinajstić information content (AvgIpc) is 2.95. The molecule has 2 aliphatic rings. The lowest BCUT2D eigenvalue weighted by atomic mass is 10.1. The van der Waals surface area contributed by atoms with E-state index in [0.29, 0.717) is 25.1 Å². The van der Waals surface area contributed by atoms with Gasteiger partial charge in [0.25, 0.3) is 0 Å². The minimum atomic E-state index is -0.341. The number of carbonyl (C=O) groups excluding carboxylic acids is 2. The van der Waals surface area contributed by atoms with Crippen LogP contribution in [-0.2, 0) is 20.9 Å². The van der Waals surface area contributed by atoms with Crippen LogP contribution in [0.4, 0.5) is 0 Å². The highest BCUT2D eigenvalue weighted by atomic mass is 16.5. The topological polar surface area (TPSA) is 49.9 Å². The van der Waals surface area contributed by atoms with Crippen molar-refractivity contribution in [2.24, 2.45) is 0 Å². The number of amides is 1. The summed E-state index contributed by atoms with van der Waals surface area (Å²) in [6.45, 7) is 2.05. The van der Waals surface area contributed by atoms with Gasteiger partial charge in [0.2, 0.25) is 5.91 Å². The van der Waals surface area contributed by atoms with Crippen LogP contribution >= 0.6 is 0 Å². The average molecular weight is 286 g/mol. The number of fused-ring (bicyclic) bond motifs is 1. The zero-order chi connectivity index (χ0) is 14.8. The van der Waals surface area contributed by atoms with Crippen molar-refractivity contribution in [1.82, 2.24) is 9.80 Å². The number of methoxy groups -OCH3 is 1. The summed E-state index contributed by atoms with van der Waals surface area (Å²) < 4.78 is 4.74. The van der Waals surface area contributed by atoms with Crippen molar-refractivity contribution in [2.75, 3.05) is 20.2 Å². The molecule has 21 heavy (non-hydrogen) atoms. The summed E-state index contributed by atoms with van der Waals surface area (Å²) in [6.07, 6.45) is 2.21. The van der Waals surface area contributed by atoms with Crippen LogP contribution in [0.15, 0.2) is 42.1 Å². The van der Waals surface area contributed by atoms with Gasteiger partial charge in [-0.25, -0.2) is 4.79 Å². The smallest absolute Gasteiger partial charge is 0.335 e. The highest BCUT2D eigenvalue weighted by Crippen LogP contribution is 2.27. The Hall–Kier alpha value is -2.30. The van der Waals surface area contributed by atoms with Gasteiger partial charge in [-0.15, -0.1) is 0 Å². The van der Waals surface area contributed by atoms with Crippen molar-refractivity contribution in [3.05, 3.63) is 47.7 Å². The van der Waals surface area contributed by atoms with Crippen molar-refractivity contribution in [2.45, 2.75) is 19.0 Å². The summed E-state index contributed by atoms with van der Waals surface area (Å²) in [5.74, 6) is -0.257. The largest absolute Gasteiger partial charge is 0.466 e. The van der Waals surface area contributed by atoms with Crippen LogP contribution < -0.4 is 0 Å². The van der Waals surface area contributed by atoms with E-state index < -0.39 is 0 Å². The molecule has 0 N–H and O–H groups in total. The second-order valence-electron chi connectivity index (χ2n) is 5.35. The van der Waals surface area contributed by atoms with Gasteiger partial charge in [-0.1, -0.05) is 30.3 Å². The molecule has 1 atom stereocenters. The predicted molar refractivity (Wildman–Crippen MR) is 77.1 cm³/mol. The van der Waals surface area contributed by atoms with Crippen molar-refractivity contribution in [3.8, 4) is 0 Å². The molecule has 2 heterocycles. The Morgan fingerprint density at radius 2 is 2.05 bits per heavy atom. The summed E-state index contributed by atoms with van der Waals surface area (Å²) in [5, 5.41) is 0. The van der Waals surface area contributed by atoms with Gasteiger partial charge in [-0.05, 0) is 5.56 Å². The standard InChI is InChI=1S/C16H18N2O3/c1-21-16(20)13-9-14-15(19)18(8-7-17(14)11-13)10-12-5-3-2-4-6-12/h2-6,11,14H,7-10H2,1H3. The van der Waals surface area contributed by atoms with Crippen LogP contribution in [0.1, 0.15) is 12.0 Å². The van der Waals surface area contributed by atoms with Crippen molar-refractivity contribution in [3.63, 3.8) is 0 Å². The number of rotatable bonds is 3. The summed E-state index contributed by atoms with van der Waals surface area (Å²) in [6, 6.07) is 9.70. The second-order valence-corrected chi connectivity index (χ2v) is 5.35. The first-order chi connectivity index (χ1) is 10.2. The van der Waals surface area contributed by atoms with E-state index in [0.717, 1.165) is 12.1 Å². The minimum absolute atomic E-state index is 0.0836. The van der Waals surface area contributed by atoms with E-state index in [4.69, 9.17) is 4.74 Å². The van der Waals surface area contributed by atoms with Gasteiger partial charge >= 0.3 is 5.97 Å². The molecule has 0 spiro atoms. The maximum Gasteiger partial charge on any atom is 0.335 e. The molecular formula is C16H18N2O3. The summed E-state index contributed by atoms with van der Waals surface area (Å²) >= 11 is 0. The molecule has 1 saturated heterocycles. The lowest BCUT2D eigenvalue weighted by molar-refractivity contribution is -0.140. The van der Waals surface area contributed by atoms with E-state index in [9.17, 15) is 9.59 Å². The molecule has 1 unspecified atom stereocenters. The van der Waals surface area contributed by atoms with Crippen LogP contribution in [0.25, 0.3) is 0 Å². The molecule has 0 bridgehead atoms. The summed E-state index contributed by atoms with van der Waals surface area (Å²) in [7, 11) is 1.37. The van der Waals surface area contributed by atoms with Gasteiger partial charge in [0.1, 0.15) is 6.04 Å². The molecule has 0 aromatic heterocycles. The molecule has 1 amide bonds. The normalized spacial score (nSPS) is 21.1. The quantitative estimate of drug-likeness (QED) is 0.782. The van der Waals surface area contributed by atoms with E-state index in [1.54, 1.807) is 6.20 Å². The highest BCUT2D eigenvalue weighted by Gasteiger charge is 2.39. The molecule has 110 valence electrons. The summed E-state index contributed by atoms with van der Waals surface area (Å²) in [5.41, 5.74) is 1.70. The maximum absolute atomic E-state index is 12.6. The van der Waals surface area contributed by atoms with E-state index in [2.05, 4.69) is 0 Å². The van der Waals surface area contributed by atoms with E-state index in [-0.39, 0.29) is 17.9 Å². The number of benzene rings is 1. The van der Waals surface area contributed by atoms with Crippen LogP contribution in [0, 0.1) is 0 Å². The number of carbonyl (C=O) groups is 2. The Labute approximate surface area is 123 Å². The molecule has 5 heteroatoms. The Morgan fingerprint density at radius 1 is 1.29 bits per heavy atom. The fraction of sp³-hybridized carbons (Fsp3) is 0.375. The zero-order valence-electron chi connectivity index (χ0n) is 12.0. The zero-order valence-corrected chi connectivity index (χ0v) is 12.0. The summed E-state index contributed by atoms with van der Waals surface area (Å²) in [4.78, 5) is 28.0. The van der Waals surface area contributed by atoms with Gasteiger partial charge < -0.3 is 14.5 Å². The first kappa shape index (κ1) is 13.7. The molecule has 0 saturated carbocycles. The molecule has 1 fully saturated rings. The van der Waals surface area contributed by atoms with Gasteiger partial charge in [-0.3, -0.25) is 4.79 Å². The third kappa shape index (κ3) is 2.63. The molecular weight excluding hydrogens is 268 g/mol. The first-order valence-corrected chi connectivity index (χ1v) is 7.06. The fourth-order valence-electron chi connectivity index (χ4n) is 2.90. The third-order valence-electron chi connectivity index (χ3n) is 4.02. The van der Waals surface area contributed by atoms with Gasteiger partial charge in [0, 0.05) is 32.3 Å². The highest BCUT2D eigenvalue weighted by molar-refractivity contribution is 5.92. The molecule has 0 aliphatic carbocycles. The van der Waals surface area contributed by atoms with Crippen molar-refractivity contribution < 1.29 is 14.3 Å². The SMILES string of the molecule is COC(=O)C1=CN2CCN(Cc3ccccc3)C(=O)C2C1. The van der Waals surface area contributed by atoms with Crippen LogP contribution in [-0.4, -0.2) is 47.9 Å². The van der Waals surface area contributed by atoms with E-state index >= 15 is 0 Å². The third-order valence-corrected chi connectivity index (χ3v) is 4.02. The number of piperazine rings is 1. The molecule has 2 aliphatic heterocycles. The van der Waals surface area contributed by atoms with E-state index in [1.165, 1.54) is 7.11 Å². The fourth-order valence-corrected chi connectivity index (χ4v) is 2.90. The second kappa shape index (κ2) is 5.60. The Bertz CT molecular complexity index is 582. The van der Waals surface area contributed by atoms with Crippen LogP contribution in [0.5, 0.6) is 0 Å². The van der Waals surface area contributed by atoms with Gasteiger partial charge in [0.05, 0.1) is 12.7 Å². The number of hydrogen-bond donors (Lipinski definition) is 0. The van der Waals surface area contributed by atoms with Crippen LogP contribution in [0.3, 0.4) is 0 Å². The maximum atomic E-state index is 12.6. The number of ether oxygens (including phenoxy) is 1. The Kier molecular flexibility index (Phi) is 3.64. The Morgan fingerprint density at radius 3 is 2.76 bits per heavy atom. The van der Waals surface area contributed by atoms with Crippen LogP contribution in [0.2, 0.25) is 0 Å². The predicted octanol–water partition coefficient (Wildman–Crippen LogP) is 1.16. The first-order valence-electron chi connectivity index (χ1n) is 7.06. The molecule has 0 radical (unpaired) electrons. The van der Waals surface area contributed by atoms with E-state index in [1.807, 2.05) is 40.1 Å². The monoisotopic (exact) mass is 286 g/mol. The van der Waals surface area contributed by atoms with Gasteiger partial charge in [-0.2, -0.15) is 0 Å². The lowest BCUT2D eigenvalue weighted by Crippen LogP contribution is -2.53. The van der Waals surface area contributed by atoms with Gasteiger partial charge in [0.15, 0.2) is 0 Å². The van der Waals surface area contributed by atoms with Crippen molar-refractivity contribution >= 4 is 11.9 Å². The molecule has 1 aromatic carbocycles. The number of esters is 1.